The van der Waals surface area contributed by atoms with Crippen LogP contribution in [0.5, 0.6) is 0 Å². The molecule has 4 rings (SSSR count). The van der Waals surface area contributed by atoms with Crippen LogP contribution in [0.3, 0.4) is 0 Å². The van der Waals surface area contributed by atoms with Gasteiger partial charge in [-0.25, -0.2) is 9.29 Å². The number of hydrogen-bond acceptors (Lipinski definition) is 4. The van der Waals surface area contributed by atoms with Crippen LogP contribution in [-0.2, 0) is 9.59 Å². The van der Waals surface area contributed by atoms with Crippen LogP contribution in [0.15, 0.2) is 77.5 Å². The zero-order valence-electron chi connectivity index (χ0n) is 17.2. The maximum atomic E-state index is 14.1. The highest BCUT2D eigenvalue weighted by Crippen LogP contribution is 2.31. The Morgan fingerprint density at radius 3 is 2.30 bits per heavy atom. The molecular weight excluding hydrogens is 468 g/mol. The fourth-order valence-electron chi connectivity index (χ4n) is 3.27. The van der Waals surface area contributed by atoms with Gasteiger partial charge in [-0.1, -0.05) is 35.3 Å². The Bertz CT molecular complexity index is 1320. The highest BCUT2D eigenvalue weighted by molar-refractivity contribution is 6.53. The third-order valence-corrected chi connectivity index (χ3v) is 5.56. The van der Waals surface area contributed by atoms with Gasteiger partial charge in [-0.3, -0.25) is 14.4 Å². The van der Waals surface area contributed by atoms with E-state index in [1.54, 1.807) is 42.5 Å². The monoisotopic (exact) mass is 483 g/mol. The minimum absolute atomic E-state index is 0.182. The summed E-state index contributed by atoms with van der Waals surface area (Å²) in [5.74, 6) is -2.67. The summed E-state index contributed by atoms with van der Waals surface area (Å²) in [6.07, 6.45) is 0. The van der Waals surface area contributed by atoms with E-state index in [1.165, 1.54) is 18.2 Å². The molecule has 0 saturated carbocycles. The molecular formula is C24H16Cl2FN3O3. The first-order valence-electron chi connectivity index (χ1n) is 9.74. The molecule has 2 N–H and O–H groups in total. The lowest BCUT2D eigenvalue weighted by molar-refractivity contribution is -0.120. The number of carbonyl (C=O) groups is 3. The van der Waals surface area contributed by atoms with Gasteiger partial charge in [-0.15, -0.1) is 0 Å². The normalized spacial score (nSPS) is 13.5. The van der Waals surface area contributed by atoms with Crippen molar-refractivity contribution in [3.8, 4) is 0 Å². The summed E-state index contributed by atoms with van der Waals surface area (Å²) in [6.45, 7) is 1.83. The SMILES string of the molecule is Cc1cc(Cl)ccc1NC(=O)c1ccc(NC2=C(Cl)C(=O)N(c3ccccc3F)C2=O)cc1. The van der Waals surface area contributed by atoms with Gasteiger partial charge in [0, 0.05) is 22.0 Å². The molecule has 0 unspecified atom stereocenters. The molecule has 0 atom stereocenters. The van der Waals surface area contributed by atoms with Gasteiger partial charge in [0.15, 0.2) is 0 Å². The fourth-order valence-corrected chi connectivity index (χ4v) is 3.71. The van der Waals surface area contributed by atoms with Crippen molar-refractivity contribution in [3.05, 3.63) is 99.4 Å². The Kier molecular flexibility index (Phi) is 6.18. The van der Waals surface area contributed by atoms with Gasteiger partial charge >= 0.3 is 0 Å². The molecule has 9 heteroatoms. The molecule has 0 aromatic heterocycles. The third-order valence-electron chi connectivity index (χ3n) is 4.97. The van der Waals surface area contributed by atoms with Gasteiger partial charge in [0.2, 0.25) is 0 Å². The summed E-state index contributed by atoms with van der Waals surface area (Å²) in [4.78, 5) is 38.5. The van der Waals surface area contributed by atoms with E-state index in [0.29, 0.717) is 26.9 Å². The second kappa shape index (κ2) is 9.05. The number of carbonyl (C=O) groups excluding carboxylic acids is 3. The lowest BCUT2D eigenvalue weighted by Crippen LogP contribution is -2.33. The predicted molar refractivity (Wildman–Crippen MR) is 126 cm³/mol. The molecule has 6 nitrogen and oxygen atoms in total. The number of hydrogen-bond donors (Lipinski definition) is 2. The van der Waals surface area contributed by atoms with Gasteiger partial charge in [0.1, 0.15) is 16.5 Å². The minimum atomic E-state index is -0.830. The van der Waals surface area contributed by atoms with E-state index in [9.17, 15) is 18.8 Å². The van der Waals surface area contributed by atoms with Crippen LogP contribution in [0.4, 0.5) is 21.5 Å². The Balaban J connectivity index is 1.49. The highest BCUT2D eigenvalue weighted by atomic mass is 35.5. The van der Waals surface area contributed by atoms with Crippen molar-refractivity contribution in [1.29, 1.82) is 0 Å². The zero-order chi connectivity index (χ0) is 23.7. The number of aryl methyl sites for hydroxylation is 1. The van der Waals surface area contributed by atoms with E-state index < -0.39 is 17.6 Å². The molecule has 1 heterocycles. The molecule has 1 aliphatic rings. The topological polar surface area (TPSA) is 78.5 Å². The fraction of sp³-hybridized carbons (Fsp3) is 0.0417. The van der Waals surface area contributed by atoms with Crippen LogP contribution in [0.2, 0.25) is 5.02 Å². The van der Waals surface area contributed by atoms with Crippen LogP contribution in [0, 0.1) is 12.7 Å². The quantitative estimate of drug-likeness (QED) is 0.471. The second-order valence-electron chi connectivity index (χ2n) is 7.20. The Hall–Kier alpha value is -3.68. The third kappa shape index (κ3) is 4.46. The standard InChI is InChI=1S/C24H16Cl2FN3O3/c1-13-12-15(25)8-11-18(13)29-22(31)14-6-9-16(10-7-14)28-21-20(26)23(32)30(24(21)33)19-5-3-2-4-17(19)27/h2-12,28H,1H3,(H,29,31). The Labute approximate surface area is 198 Å². The number of rotatable bonds is 5. The molecule has 0 saturated heterocycles. The smallest absolute Gasteiger partial charge is 0.283 e. The number of anilines is 3. The molecule has 0 spiro atoms. The maximum absolute atomic E-state index is 14.1. The van der Waals surface area contributed by atoms with E-state index in [-0.39, 0.29) is 22.3 Å². The Morgan fingerprint density at radius 2 is 1.64 bits per heavy atom. The number of halogens is 3. The summed E-state index contributed by atoms with van der Waals surface area (Å²) < 4.78 is 14.1. The van der Waals surface area contributed by atoms with Crippen LogP contribution in [0.1, 0.15) is 15.9 Å². The van der Waals surface area contributed by atoms with Crippen molar-refractivity contribution in [2.24, 2.45) is 0 Å². The van der Waals surface area contributed by atoms with Crippen molar-refractivity contribution in [2.45, 2.75) is 6.92 Å². The average Bonchev–Trinajstić information content (AvgIpc) is 3.00. The van der Waals surface area contributed by atoms with Gasteiger partial charge in [-0.05, 0) is 67.1 Å². The predicted octanol–water partition coefficient (Wildman–Crippen LogP) is 5.48. The molecule has 0 aliphatic carbocycles. The molecule has 1 aliphatic heterocycles. The first-order valence-corrected chi connectivity index (χ1v) is 10.5. The molecule has 0 radical (unpaired) electrons. The first-order chi connectivity index (χ1) is 15.8. The molecule has 0 bridgehead atoms. The molecule has 3 amide bonds. The van der Waals surface area contributed by atoms with Gasteiger partial charge in [0.05, 0.1) is 5.69 Å². The van der Waals surface area contributed by atoms with E-state index in [2.05, 4.69) is 10.6 Å². The van der Waals surface area contributed by atoms with E-state index >= 15 is 0 Å². The van der Waals surface area contributed by atoms with Crippen molar-refractivity contribution in [2.75, 3.05) is 15.5 Å². The molecule has 166 valence electrons. The molecule has 3 aromatic carbocycles. The summed E-state index contributed by atoms with van der Waals surface area (Å²) >= 11 is 12.0. The maximum Gasteiger partial charge on any atom is 0.283 e. The average molecular weight is 484 g/mol. The number of benzene rings is 3. The molecule has 0 fully saturated rings. The second-order valence-corrected chi connectivity index (χ2v) is 8.02. The van der Waals surface area contributed by atoms with E-state index in [0.717, 1.165) is 11.6 Å². The Morgan fingerprint density at radius 1 is 0.939 bits per heavy atom. The van der Waals surface area contributed by atoms with Gasteiger partial charge < -0.3 is 10.6 Å². The summed E-state index contributed by atoms with van der Waals surface area (Å²) in [7, 11) is 0. The first kappa shape index (κ1) is 22.5. The van der Waals surface area contributed by atoms with Crippen molar-refractivity contribution < 1.29 is 18.8 Å². The van der Waals surface area contributed by atoms with Crippen molar-refractivity contribution in [1.82, 2.24) is 0 Å². The summed E-state index contributed by atoms with van der Waals surface area (Å²) in [6, 6.07) is 16.8. The largest absolute Gasteiger partial charge is 0.350 e. The zero-order valence-corrected chi connectivity index (χ0v) is 18.7. The van der Waals surface area contributed by atoms with E-state index in [1.807, 2.05) is 6.92 Å². The highest BCUT2D eigenvalue weighted by Gasteiger charge is 2.40. The lowest BCUT2D eigenvalue weighted by Gasteiger charge is -2.15. The number of imide groups is 1. The van der Waals surface area contributed by atoms with E-state index in [4.69, 9.17) is 23.2 Å². The number of nitrogens with zero attached hydrogens (tertiary/aromatic N) is 1. The van der Waals surface area contributed by atoms with Gasteiger partial charge in [-0.2, -0.15) is 0 Å². The van der Waals surface area contributed by atoms with Crippen LogP contribution < -0.4 is 15.5 Å². The number of amides is 3. The van der Waals surface area contributed by atoms with Crippen LogP contribution in [-0.4, -0.2) is 17.7 Å². The summed E-state index contributed by atoms with van der Waals surface area (Å²) in [5.41, 5.74) is 1.87. The number of para-hydroxylation sites is 1. The lowest BCUT2D eigenvalue weighted by atomic mass is 10.1. The summed E-state index contributed by atoms with van der Waals surface area (Å²) in [5, 5.41) is 5.81. The molecule has 33 heavy (non-hydrogen) atoms. The minimum Gasteiger partial charge on any atom is -0.350 e. The molecule has 3 aromatic rings. The van der Waals surface area contributed by atoms with Crippen molar-refractivity contribution >= 4 is 58.0 Å². The van der Waals surface area contributed by atoms with Crippen LogP contribution >= 0.6 is 23.2 Å². The number of nitrogens with one attached hydrogen (secondary N) is 2. The van der Waals surface area contributed by atoms with Crippen LogP contribution in [0.25, 0.3) is 0 Å². The van der Waals surface area contributed by atoms with Crippen molar-refractivity contribution in [3.63, 3.8) is 0 Å². The van der Waals surface area contributed by atoms with Gasteiger partial charge in [0.25, 0.3) is 17.7 Å².